The Balaban J connectivity index is 2.73. The van der Waals surface area contributed by atoms with E-state index in [1.165, 1.54) is 0 Å². The van der Waals surface area contributed by atoms with Gasteiger partial charge in [0.25, 0.3) is 0 Å². The summed E-state index contributed by atoms with van der Waals surface area (Å²) in [4.78, 5) is 0.425. The Hall–Kier alpha value is -0.140. The second-order valence-electron chi connectivity index (χ2n) is 2.58. The van der Waals surface area contributed by atoms with Crippen LogP contribution < -0.4 is 4.72 Å². The van der Waals surface area contributed by atoms with E-state index in [9.17, 15) is 8.42 Å². The van der Waals surface area contributed by atoms with Gasteiger partial charge in [-0.1, -0.05) is 6.07 Å². The van der Waals surface area contributed by atoms with Crippen LogP contribution in [-0.2, 0) is 16.6 Å². The summed E-state index contributed by atoms with van der Waals surface area (Å²) in [5.74, 6) is 0. The van der Waals surface area contributed by atoms with Crippen LogP contribution in [0, 0.1) is 3.57 Å². The van der Waals surface area contributed by atoms with Gasteiger partial charge in [-0.25, -0.2) is 13.1 Å². The van der Waals surface area contributed by atoms with Gasteiger partial charge in [0, 0.05) is 10.1 Å². The second-order valence-corrected chi connectivity index (χ2v) is 5.56. The molecule has 1 N–H and O–H groups in total. The average molecular weight is 295 g/mol. The number of halogens is 1. The van der Waals surface area contributed by atoms with E-state index >= 15 is 0 Å². The normalized spacial score (nSPS) is 19.1. The topological polar surface area (TPSA) is 46.2 Å². The molecule has 0 unspecified atom stereocenters. The fourth-order valence-corrected chi connectivity index (χ4v) is 3.15. The molecule has 0 fully saturated rings. The summed E-state index contributed by atoms with van der Waals surface area (Å²) in [7, 11) is -3.18. The van der Waals surface area contributed by atoms with Gasteiger partial charge in [-0.2, -0.15) is 0 Å². The molecule has 3 nitrogen and oxygen atoms in total. The van der Waals surface area contributed by atoms with Gasteiger partial charge in [0.2, 0.25) is 10.0 Å². The maximum atomic E-state index is 11.3. The van der Waals surface area contributed by atoms with Crippen molar-refractivity contribution >= 4 is 32.6 Å². The minimum absolute atomic E-state index is 0.425. The highest BCUT2D eigenvalue weighted by molar-refractivity contribution is 14.1. The lowest BCUT2D eigenvalue weighted by Gasteiger charge is -1.96. The minimum Gasteiger partial charge on any atom is -0.207 e. The molecule has 0 spiro atoms. The molecule has 1 aliphatic rings. The lowest BCUT2D eigenvalue weighted by molar-refractivity contribution is 0.589. The third kappa shape index (κ3) is 1.25. The van der Waals surface area contributed by atoms with E-state index < -0.39 is 10.0 Å². The van der Waals surface area contributed by atoms with E-state index in [1.807, 2.05) is 12.1 Å². The van der Waals surface area contributed by atoms with Gasteiger partial charge in [-0.3, -0.25) is 0 Å². The molecule has 2 rings (SSSR count). The van der Waals surface area contributed by atoms with Crippen LogP contribution in [0.25, 0.3) is 0 Å². The molecular formula is C7H6INO2S. The minimum atomic E-state index is -3.18. The summed E-state index contributed by atoms with van der Waals surface area (Å²) in [5, 5.41) is 0. The molecule has 1 heterocycles. The lowest BCUT2D eigenvalue weighted by atomic mass is 10.2. The Morgan fingerprint density at radius 2 is 2.17 bits per heavy atom. The molecule has 1 aromatic carbocycles. The number of benzene rings is 1. The first kappa shape index (κ1) is 8.46. The molecule has 0 saturated heterocycles. The predicted octanol–water partition coefficient (Wildman–Crippen LogP) is 1.08. The third-order valence-corrected chi connectivity index (χ3v) is 3.93. The van der Waals surface area contributed by atoms with Crippen LogP contribution >= 0.6 is 22.6 Å². The maximum Gasteiger partial charge on any atom is 0.241 e. The van der Waals surface area contributed by atoms with Crippen LogP contribution in [0.4, 0.5) is 0 Å². The fourth-order valence-electron chi connectivity index (χ4n) is 1.18. The van der Waals surface area contributed by atoms with Crippen molar-refractivity contribution in [3.8, 4) is 0 Å². The quantitative estimate of drug-likeness (QED) is 0.728. The molecule has 12 heavy (non-hydrogen) atoms. The zero-order valence-electron chi connectivity index (χ0n) is 6.04. The molecule has 0 atom stereocenters. The molecule has 0 radical (unpaired) electrons. The van der Waals surface area contributed by atoms with E-state index in [0.717, 1.165) is 9.13 Å². The van der Waals surface area contributed by atoms with Crippen molar-refractivity contribution in [3.05, 3.63) is 27.3 Å². The van der Waals surface area contributed by atoms with Gasteiger partial charge in [-0.15, -0.1) is 0 Å². The van der Waals surface area contributed by atoms with Crippen molar-refractivity contribution in [2.24, 2.45) is 0 Å². The van der Waals surface area contributed by atoms with Crippen LogP contribution in [0.5, 0.6) is 0 Å². The van der Waals surface area contributed by atoms with E-state index in [-0.39, 0.29) is 0 Å². The summed E-state index contributed by atoms with van der Waals surface area (Å²) in [6.45, 7) is 0.425. The van der Waals surface area contributed by atoms with Crippen LogP contribution in [0.2, 0.25) is 0 Å². The number of sulfonamides is 1. The Morgan fingerprint density at radius 1 is 1.42 bits per heavy atom. The van der Waals surface area contributed by atoms with Crippen LogP contribution in [0.3, 0.4) is 0 Å². The van der Waals surface area contributed by atoms with Crippen LogP contribution in [-0.4, -0.2) is 8.42 Å². The van der Waals surface area contributed by atoms with E-state index in [1.54, 1.807) is 6.07 Å². The number of fused-ring (bicyclic) bond motifs is 1. The fraction of sp³-hybridized carbons (Fsp3) is 0.143. The molecular weight excluding hydrogens is 289 g/mol. The van der Waals surface area contributed by atoms with Crippen molar-refractivity contribution < 1.29 is 8.42 Å². The highest BCUT2D eigenvalue weighted by atomic mass is 127. The number of rotatable bonds is 0. The predicted molar refractivity (Wildman–Crippen MR) is 53.2 cm³/mol. The Bertz CT molecular complexity index is 427. The Morgan fingerprint density at radius 3 is 2.92 bits per heavy atom. The molecule has 1 aromatic rings. The first-order chi connectivity index (χ1) is 5.59. The van der Waals surface area contributed by atoms with Crippen molar-refractivity contribution in [1.82, 2.24) is 4.72 Å². The molecule has 0 saturated carbocycles. The second kappa shape index (κ2) is 2.68. The van der Waals surface area contributed by atoms with Crippen molar-refractivity contribution in [3.63, 3.8) is 0 Å². The van der Waals surface area contributed by atoms with Crippen molar-refractivity contribution in [1.29, 1.82) is 0 Å². The van der Waals surface area contributed by atoms with Crippen LogP contribution in [0.1, 0.15) is 5.56 Å². The van der Waals surface area contributed by atoms with Crippen LogP contribution in [0.15, 0.2) is 23.1 Å². The average Bonchev–Trinajstić information content (AvgIpc) is 2.28. The van der Waals surface area contributed by atoms with Crippen molar-refractivity contribution in [2.75, 3.05) is 0 Å². The molecule has 1 aliphatic heterocycles. The first-order valence-electron chi connectivity index (χ1n) is 3.38. The standard InChI is InChI=1S/C7H6INO2S/c8-6-2-1-5-4-9-12(10,11)7(5)3-6/h1-3,9H,4H2. The Kier molecular flexibility index (Phi) is 1.89. The van der Waals surface area contributed by atoms with E-state index in [2.05, 4.69) is 27.3 Å². The largest absolute Gasteiger partial charge is 0.241 e. The summed E-state index contributed by atoms with van der Waals surface area (Å²) >= 11 is 2.10. The first-order valence-corrected chi connectivity index (χ1v) is 5.94. The monoisotopic (exact) mass is 295 g/mol. The summed E-state index contributed by atoms with van der Waals surface area (Å²) in [6.07, 6.45) is 0. The summed E-state index contributed by atoms with van der Waals surface area (Å²) in [5.41, 5.74) is 0.857. The molecule has 0 aliphatic carbocycles. The van der Waals surface area contributed by atoms with Gasteiger partial charge in [0.05, 0.1) is 4.90 Å². The highest BCUT2D eigenvalue weighted by Gasteiger charge is 2.24. The van der Waals surface area contributed by atoms with Gasteiger partial charge in [0.1, 0.15) is 0 Å². The molecule has 64 valence electrons. The highest BCUT2D eigenvalue weighted by Crippen LogP contribution is 2.23. The molecule has 5 heteroatoms. The maximum absolute atomic E-state index is 11.3. The Labute approximate surface area is 84.4 Å². The summed E-state index contributed by atoms with van der Waals surface area (Å²) in [6, 6.07) is 5.43. The number of hydrogen-bond donors (Lipinski definition) is 1. The molecule has 0 amide bonds. The van der Waals surface area contributed by atoms with E-state index in [4.69, 9.17) is 0 Å². The zero-order chi connectivity index (χ0) is 8.77. The van der Waals surface area contributed by atoms with Gasteiger partial charge < -0.3 is 0 Å². The molecule has 0 aromatic heterocycles. The van der Waals surface area contributed by atoms with E-state index in [0.29, 0.717) is 11.4 Å². The van der Waals surface area contributed by atoms with Gasteiger partial charge >= 0.3 is 0 Å². The smallest absolute Gasteiger partial charge is 0.207 e. The summed E-state index contributed by atoms with van der Waals surface area (Å²) < 4.78 is 26.0. The van der Waals surface area contributed by atoms with Crippen molar-refractivity contribution in [2.45, 2.75) is 11.4 Å². The number of hydrogen-bond acceptors (Lipinski definition) is 2. The van der Waals surface area contributed by atoms with Gasteiger partial charge in [0.15, 0.2) is 0 Å². The molecule has 0 bridgehead atoms. The number of nitrogens with one attached hydrogen (secondary N) is 1. The third-order valence-electron chi connectivity index (χ3n) is 1.77. The SMILES string of the molecule is O=S1(=O)NCc2ccc(I)cc21. The van der Waals surface area contributed by atoms with Gasteiger partial charge in [-0.05, 0) is 40.3 Å². The zero-order valence-corrected chi connectivity index (χ0v) is 9.02. The lowest BCUT2D eigenvalue weighted by Crippen LogP contribution is -2.13.